The molecule has 1 amide bonds. The molecule has 0 spiro atoms. The number of amides is 1. The van der Waals surface area contributed by atoms with E-state index in [0.29, 0.717) is 10.6 Å². The monoisotopic (exact) mass is 339 g/mol. The third-order valence-corrected chi connectivity index (χ3v) is 3.67. The Kier molecular flexibility index (Phi) is 5.30. The van der Waals surface area contributed by atoms with Crippen LogP contribution in [0.2, 0.25) is 5.02 Å². The van der Waals surface area contributed by atoms with Crippen molar-refractivity contribution in [3.63, 3.8) is 0 Å². The summed E-state index contributed by atoms with van der Waals surface area (Å²) in [4.78, 5) is 25.9. The van der Waals surface area contributed by atoms with Gasteiger partial charge in [-0.1, -0.05) is 23.7 Å². The molecule has 0 saturated carbocycles. The molecule has 1 aromatic carbocycles. The lowest BCUT2D eigenvalue weighted by Gasteiger charge is -2.12. The molecule has 22 heavy (non-hydrogen) atoms. The fourth-order valence-electron chi connectivity index (χ4n) is 1.75. The van der Waals surface area contributed by atoms with Crippen molar-refractivity contribution in [2.75, 3.05) is 0 Å². The second kappa shape index (κ2) is 7.20. The van der Waals surface area contributed by atoms with Crippen LogP contribution in [0.25, 0.3) is 0 Å². The number of aromatic nitrogens is 1. The molecule has 8 heteroatoms. The third kappa shape index (κ3) is 3.93. The van der Waals surface area contributed by atoms with Gasteiger partial charge in [-0.15, -0.1) is 11.6 Å². The first-order valence-electron chi connectivity index (χ1n) is 6.23. The van der Waals surface area contributed by atoms with Gasteiger partial charge < -0.3 is 5.32 Å². The molecule has 0 radical (unpaired) electrons. The molecule has 0 bridgehead atoms. The summed E-state index contributed by atoms with van der Waals surface area (Å²) in [5, 5.41) is 12.6. The van der Waals surface area contributed by atoms with Gasteiger partial charge in [0.15, 0.2) is 0 Å². The average molecular weight is 340 g/mol. The molecule has 0 aliphatic heterocycles. The largest absolute Gasteiger partial charge is 0.350 e. The molecule has 1 atom stereocenters. The summed E-state index contributed by atoms with van der Waals surface area (Å²) in [5.41, 5.74) is 1.19. The molecule has 0 fully saturated rings. The first-order chi connectivity index (χ1) is 10.5. The molecule has 1 unspecified atom stereocenters. The van der Waals surface area contributed by atoms with E-state index in [1.165, 1.54) is 24.5 Å². The van der Waals surface area contributed by atoms with Crippen molar-refractivity contribution in [3.8, 4) is 0 Å². The zero-order valence-electron chi connectivity index (χ0n) is 11.2. The Bertz CT molecular complexity index is 692. The number of hydrogen-bond acceptors (Lipinski definition) is 4. The summed E-state index contributed by atoms with van der Waals surface area (Å²) in [6.07, 6.45) is 2.91. The van der Waals surface area contributed by atoms with Crippen LogP contribution in [0, 0.1) is 10.1 Å². The van der Waals surface area contributed by atoms with E-state index in [1.807, 2.05) is 0 Å². The van der Waals surface area contributed by atoms with E-state index in [2.05, 4.69) is 10.3 Å². The van der Waals surface area contributed by atoms with E-state index in [1.54, 1.807) is 18.2 Å². The highest BCUT2D eigenvalue weighted by atomic mass is 35.5. The average Bonchev–Trinajstić information content (AvgIpc) is 2.52. The predicted molar refractivity (Wildman–Crippen MR) is 82.8 cm³/mol. The lowest BCUT2D eigenvalue weighted by Crippen LogP contribution is -2.26. The summed E-state index contributed by atoms with van der Waals surface area (Å²) >= 11 is 12.0. The number of rotatable bonds is 5. The summed E-state index contributed by atoms with van der Waals surface area (Å²) < 4.78 is 0. The van der Waals surface area contributed by atoms with Gasteiger partial charge in [-0.3, -0.25) is 19.9 Å². The molecule has 114 valence electrons. The first kappa shape index (κ1) is 16.2. The zero-order valence-corrected chi connectivity index (χ0v) is 12.7. The van der Waals surface area contributed by atoms with Gasteiger partial charge in [-0.25, -0.2) is 0 Å². The molecule has 6 nitrogen and oxygen atoms in total. The van der Waals surface area contributed by atoms with Crippen LogP contribution in [0.1, 0.15) is 16.5 Å². The Morgan fingerprint density at radius 1 is 1.32 bits per heavy atom. The molecule has 2 rings (SSSR count). The lowest BCUT2D eigenvalue weighted by atomic mass is 10.1. The Labute approximate surface area is 136 Å². The standard InChI is InChI=1S/C14H11Cl2N3O3/c15-12-8-17-6-5-11(12)13(16)14(20)18-7-9-1-3-10(4-2-9)19(21)22/h1-6,8,13H,7H2,(H,18,20). The quantitative estimate of drug-likeness (QED) is 0.514. The number of hydrogen-bond donors (Lipinski definition) is 1. The van der Waals surface area contributed by atoms with Crippen LogP contribution in [0.3, 0.4) is 0 Å². The fourth-order valence-corrected chi connectivity index (χ4v) is 2.30. The Balaban J connectivity index is 1.97. The lowest BCUT2D eigenvalue weighted by molar-refractivity contribution is -0.384. The molecule has 1 N–H and O–H groups in total. The highest BCUT2D eigenvalue weighted by Gasteiger charge is 2.20. The van der Waals surface area contributed by atoms with E-state index >= 15 is 0 Å². The van der Waals surface area contributed by atoms with Gasteiger partial charge in [0.2, 0.25) is 5.91 Å². The fraction of sp³-hybridized carbons (Fsp3) is 0.143. The smallest absolute Gasteiger partial charge is 0.269 e. The number of pyridine rings is 1. The predicted octanol–water partition coefficient (Wildman–Crippen LogP) is 3.24. The minimum atomic E-state index is -0.937. The van der Waals surface area contributed by atoms with Gasteiger partial charge in [0.1, 0.15) is 5.38 Å². The second-order valence-electron chi connectivity index (χ2n) is 4.40. The maximum Gasteiger partial charge on any atom is 0.269 e. The van der Waals surface area contributed by atoms with Crippen LogP contribution in [0.5, 0.6) is 0 Å². The number of nitrogens with zero attached hydrogens (tertiary/aromatic N) is 2. The topological polar surface area (TPSA) is 85.1 Å². The normalized spacial score (nSPS) is 11.7. The molecule has 1 aromatic heterocycles. The Morgan fingerprint density at radius 2 is 2.00 bits per heavy atom. The van der Waals surface area contributed by atoms with Crippen LogP contribution in [0.15, 0.2) is 42.7 Å². The van der Waals surface area contributed by atoms with Gasteiger partial charge >= 0.3 is 0 Å². The molecular formula is C14H11Cl2N3O3. The molecule has 0 aliphatic carbocycles. The van der Waals surface area contributed by atoms with E-state index in [9.17, 15) is 14.9 Å². The molecule has 2 aromatic rings. The van der Waals surface area contributed by atoms with Crippen LogP contribution < -0.4 is 5.32 Å². The van der Waals surface area contributed by atoms with Gasteiger partial charge in [0.05, 0.1) is 9.95 Å². The SMILES string of the molecule is O=C(NCc1ccc([N+](=O)[O-])cc1)C(Cl)c1ccncc1Cl. The van der Waals surface area contributed by atoms with Crippen molar-refractivity contribution in [1.82, 2.24) is 10.3 Å². The van der Waals surface area contributed by atoms with E-state index in [4.69, 9.17) is 23.2 Å². The maximum atomic E-state index is 12.0. The van der Waals surface area contributed by atoms with Gasteiger partial charge in [0.25, 0.3) is 5.69 Å². The van der Waals surface area contributed by atoms with Crippen LogP contribution in [-0.4, -0.2) is 15.8 Å². The highest BCUT2D eigenvalue weighted by Crippen LogP contribution is 2.27. The number of nitro benzene ring substituents is 1. The molecule has 1 heterocycles. The highest BCUT2D eigenvalue weighted by molar-refractivity contribution is 6.35. The van der Waals surface area contributed by atoms with Gasteiger partial charge in [-0.05, 0) is 11.6 Å². The maximum absolute atomic E-state index is 12.0. The van der Waals surface area contributed by atoms with Crippen molar-refractivity contribution in [2.45, 2.75) is 11.9 Å². The Morgan fingerprint density at radius 3 is 2.59 bits per heavy atom. The number of nitro groups is 1. The number of halogens is 2. The van der Waals surface area contributed by atoms with Gasteiger partial charge in [0, 0.05) is 36.6 Å². The molecule has 0 saturated heterocycles. The number of alkyl halides is 1. The number of benzene rings is 1. The number of nitrogens with one attached hydrogen (secondary N) is 1. The summed E-state index contributed by atoms with van der Waals surface area (Å²) in [6.45, 7) is 0.211. The van der Waals surface area contributed by atoms with Crippen molar-refractivity contribution in [1.29, 1.82) is 0 Å². The van der Waals surface area contributed by atoms with Crippen molar-refractivity contribution < 1.29 is 9.72 Å². The first-order valence-corrected chi connectivity index (χ1v) is 7.05. The summed E-state index contributed by atoms with van der Waals surface area (Å²) in [7, 11) is 0. The number of non-ortho nitro benzene ring substituents is 1. The van der Waals surface area contributed by atoms with Crippen molar-refractivity contribution in [2.24, 2.45) is 0 Å². The minimum absolute atomic E-state index is 0.00568. The van der Waals surface area contributed by atoms with E-state index < -0.39 is 16.2 Å². The van der Waals surface area contributed by atoms with Crippen molar-refractivity contribution in [3.05, 3.63) is 69.0 Å². The summed E-state index contributed by atoms with van der Waals surface area (Å²) in [5.74, 6) is -0.409. The number of carbonyl (C=O) groups excluding carboxylic acids is 1. The second-order valence-corrected chi connectivity index (χ2v) is 5.24. The van der Waals surface area contributed by atoms with Crippen LogP contribution in [-0.2, 0) is 11.3 Å². The van der Waals surface area contributed by atoms with E-state index in [0.717, 1.165) is 5.56 Å². The number of carbonyl (C=O) groups is 1. The van der Waals surface area contributed by atoms with E-state index in [-0.39, 0.29) is 12.2 Å². The van der Waals surface area contributed by atoms with Crippen molar-refractivity contribution >= 4 is 34.8 Å². The van der Waals surface area contributed by atoms with Crippen LogP contribution >= 0.6 is 23.2 Å². The Hall–Kier alpha value is -2.18. The molecular weight excluding hydrogens is 329 g/mol. The summed E-state index contributed by atoms with van der Waals surface area (Å²) in [6, 6.07) is 7.46. The molecule has 0 aliphatic rings. The van der Waals surface area contributed by atoms with Gasteiger partial charge in [-0.2, -0.15) is 0 Å². The van der Waals surface area contributed by atoms with Crippen LogP contribution in [0.4, 0.5) is 5.69 Å². The minimum Gasteiger partial charge on any atom is -0.350 e. The third-order valence-electron chi connectivity index (χ3n) is 2.92. The zero-order chi connectivity index (χ0) is 16.1.